The summed E-state index contributed by atoms with van der Waals surface area (Å²) in [5.74, 6) is -0.855. The van der Waals surface area contributed by atoms with Crippen molar-refractivity contribution in [2.45, 2.75) is 180 Å². The van der Waals surface area contributed by atoms with Gasteiger partial charge in [-0.2, -0.15) is 0 Å². The zero-order valence-corrected chi connectivity index (χ0v) is 36.8. The molecular weight excluding hydrogens is 713 g/mol. The summed E-state index contributed by atoms with van der Waals surface area (Å²) in [5, 5.41) is 0. The maximum atomic E-state index is 12.7. The maximum Gasteiger partial charge on any atom is 0.472 e. The lowest BCUT2D eigenvalue weighted by atomic mass is 10.1. The largest absolute Gasteiger partial charge is 0.472 e. The molecule has 0 radical (unpaired) electrons. The Morgan fingerprint density at radius 1 is 0.564 bits per heavy atom. The van der Waals surface area contributed by atoms with E-state index in [9.17, 15) is 19.0 Å². The van der Waals surface area contributed by atoms with Crippen molar-refractivity contribution in [3.05, 3.63) is 48.6 Å². The molecule has 0 bridgehead atoms. The Bertz CT molecular complexity index is 1080. The summed E-state index contributed by atoms with van der Waals surface area (Å²) in [5.41, 5.74) is 0. The van der Waals surface area contributed by atoms with E-state index in [1.165, 1.54) is 70.6 Å². The van der Waals surface area contributed by atoms with Crippen LogP contribution >= 0.6 is 7.82 Å². The van der Waals surface area contributed by atoms with E-state index in [1.54, 1.807) is 0 Å². The predicted octanol–water partition coefficient (Wildman–Crippen LogP) is 12.3. The molecule has 0 aliphatic heterocycles. The smallest absolute Gasteiger partial charge is 0.462 e. The molecule has 1 unspecified atom stereocenters. The minimum absolute atomic E-state index is 0.0228. The first-order valence-electron chi connectivity index (χ1n) is 21.9. The van der Waals surface area contributed by atoms with Gasteiger partial charge in [-0.3, -0.25) is 18.6 Å². The number of ether oxygens (including phenoxy) is 2. The summed E-state index contributed by atoms with van der Waals surface area (Å²) in [6.07, 6.45) is 43.0. The molecule has 0 aromatic rings. The zero-order chi connectivity index (χ0) is 40.7. The normalized spacial score (nSPS) is 14.1. The Kier molecular flexibility index (Phi) is 36.2. The van der Waals surface area contributed by atoms with Crippen molar-refractivity contribution in [3.8, 4) is 0 Å². The molecule has 2 atom stereocenters. The molecule has 0 spiro atoms. The van der Waals surface area contributed by atoms with Crippen LogP contribution in [0, 0.1) is 0 Å². The standard InChI is InChI=1S/C45H82NO8P/c1-6-8-10-12-14-16-18-20-22-24-26-28-30-32-34-36-38-45(48)54-43(42-53-55(49,50)52-40-39-46(3,4)5)41-51-44(47)37-35-33-31-29-27-25-23-21-19-17-15-13-11-9-7-2/h15,17,21-24,27,29,43H,6-14,16,18-20,25-26,28,30-42H2,1-5H3/p+1/b17-15-,23-21-,24-22-,29-27-/t43-/m1/s1. The van der Waals surface area contributed by atoms with Gasteiger partial charge in [-0.25, -0.2) is 4.57 Å². The third-order valence-corrected chi connectivity index (χ3v) is 10.1. The van der Waals surface area contributed by atoms with Gasteiger partial charge in [0.15, 0.2) is 6.10 Å². The van der Waals surface area contributed by atoms with E-state index in [1.807, 2.05) is 21.1 Å². The topological polar surface area (TPSA) is 108 Å². The van der Waals surface area contributed by atoms with Gasteiger partial charge in [0.25, 0.3) is 0 Å². The van der Waals surface area contributed by atoms with E-state index < -0.39 is 32.5 Å². The van der Waals surface area contributed by atoms with E-state index in [4.69, 9.17) is 18.5 Å². The molecule has 1 N–H and O–H groups in total. The van der Waals surface area contributed by atoms with Crippen molar-refractivity contribution in [2.75, 3.05) is 47.5 Å². The number of phosphoric acid groups is 1. The molecule has 0 saturated carbocycles. The summed E-state index contributed by atoms with van der Waals surface area (Å²) in [7, 11) is 1.45. The number of hydrogen-bond acceptors (Lipinski definition) is 7. The predicted molar refractivity (Wildman–Crippen MR) is 229 cm³/mol. The van der Waals surface area contributed by atoms with Crippen LogP contribution in [0.4, 0.5) is 0 Å². The summed E-state index contributed by atoms with van der Waals surface area (Å²) in [6, 6.07) is 0. The highest BCUT2D eigenvalue weighted by Gasteiger charge is 2.27. The molecule has 0 rings (SSSR count). The van der Waals surface area contributed by atoms with E-state index in [0.29, 0.717) is 23.9 Å². The molecule has 0 amide bonds. The third-order valence-electron chi connectivity index (χ3n) is 9.08. The minimum atomic E-state index is -4.38. The van der Waals surface area contributed by atoms with Crippen LogP contribution in [-0.2, 0) is 32.7 Å². The number of quaternary nitrogens is 1. The van der Waals surface area contributed by atoms with E-state index in [2.05, 4.69) is 62.5 Å². The van der Waals surface area contributed by atoms with Gasteiger partial charge in [-0.05, 0) is 77.0 Å². The second-order valence-electron chi connectivity index (χ2n) is 15.7. The fourth-order valence-corrected chi connectivity index (χ4v) is 6.34. The number of carbonyl (C=O) groups is 2. The van der Waals surface area contributed by atoms with Crippen LogP contribution in [0.25, 0.3) is 0 Å². The molecule has 10 heteroatoms. The van der Waals surface area contributed by atoms with Gasteiger partial charge in [-0.15, -0.1) is 0 Å². The number of nitrogens with zero attached hydrogens (tertiary/aromatic N) is 1. The second kappa shape index (κ2) is 37.5. The molecule has 0 aromatic heterocycles. The summed E-state index contributed by atoms with van der Waals surface area (Å²) < 4.78 is 34.2. The molecule has 0 aliphatic rings. The molecule has 0 aliphatic carbocycles. The van der Waals surface area contributed by atoms with Crippen LogP contribution in [0.3, 0.4) is 0 Å². The first-order chi connectivity index (χ1) is 26.5. The van der Waals surface area contributed by atoms with Crippen LogP contribution in [-0.4, -0.2) is 74.9 Å². The average Bonchev–Trinajstić information content (AvgIpc) is 3.13. The van der Waals surface area contributed by atoms with Gasteiger partial charge in [0.05, 0.1) is 27.7 Å². The summed E-state index contributed by atoms with van der Waals surface area (Å²) in [6.45, 7) is 4.33. The fourth-order valence-electron chi connectivity index (χ4n) is 5.60. The van der Waals surface area contributed by atoms with Crippen molar-refractivity contribution >= 4 is 19.8 Å². The summed E-state index contributed by atoms with van der Waals surface area (Å²) in [4.78, 5) is 35.3. The number of rotatable bonds is 39. The molecule has 9 nitrogen and oxygen atoms in total. The van der Waals surface area contributed by atoms with Crippen molar-refractivity contribution in [1.82, 2.24) is 0 Å². The summed E-state index contributed by atoms with van der Waals surface area (Å²) >= 11 is 0. The Morgan fingerprint density at radius 3 is 1.55 bits per heavy atom. The van der Waals surface area contributed by atoms with Crippen molar-refractivity contribution in [2.24, 2.45) is 0 Å². The van der Waals surface area contributed by atoms with E-state index in [0.717, 1.165) is 64.2 Å². The van der Waals surface area contributed by atoms with Gasteiger partial charge < -0.3 is 18.9 Å². The second-order valence-corrected chi connectivity index (χ2v) is 17.2. The van der Waals surface area contributed by atoms with Gasteiger partial charge in [0.2, 0.25) is 0 Å². The number of carbonyl (C=O) groups excluding carboxylic acids is 2. The Balaban J connectivity index is 4.45. The zero-order valence-electron chi connectivity index (χ0n) is 35.9. The van der Waals surface area contributed by atoms with Crippen molar-refractivity contribution in [3.63, 3.8) is 0 Å². The third kappa shape index (κ3) is 41.4. The van der Waals surface area contributed by atoms with Gasteiger partial charge >= 0.3 is 19.8 Å². The number of allylic oxidation sites excluding steroid dienone is 8. The first kappa shape index (κ1) is 53.0. The highest BCUT2D eigenvalue weighted by molar-refractivity contribution is 7.47. The first-order valence-corrected chi connectivity index (χ1v) is 23.4. The lowest BCUT2D eigenvalue weighted by Gasteiger charge is -2.24. The van der Waals surface area contributed by atoms with E-state index >= 15 is 0 Å². The highest BCUT2D eigenvalue weighted by Crippen LogP contribution is 2.43. The monoisotopic (exact) mass is 797 g/mol. The minimum Gasteiger partial charge on any atom is -0.462 e. The molecule has 0 aromatic carbocycles. The quantitative estimate of drug-likeness (QED) is 0.0215. The molecule has 0 heterocycles. The number of phosphoric ester groups is 1. The lowest BCUT2D eigenvalue weighted by molar-refractivity contribution is -0.870. The molecule has 55 heavy (non-hydrogen) atoms. The Morgan fingerprint density at radius 2 is 0.982 bits per heavy atom. The van der Waals surface area contributed by atoms with Crippen LogP contribution in [0.5, 0.6) is 0 Å². The van der Waals surface area contributed by atoms with Crippen molar-refractivity contribution < 1.29 is 42.1 Å². The average molecular weight is 797 g/mol. The van der Waals surface area contributed by atoms with Crippen molar-refractivity contribution in [1.29, 1.82) is 0 Å². The van der Waals surface area contributed by atoms with Crippen LogP contribution < -0.4 is 0 Å². The lowest BCUT2D eigenvalue weighted by Crippen LogP contribution is -2.37. The van der Waals surface area contributed by atoms with E-state index in [-0.39, 0.29) is 26.1 Å². The molecule has 320 valence electrons. The molecule has 0 saturated heterocycles. The van der Waals surface area contributed by atoms with Crippen LogP contribution in [0.1, 0.15) is 174 Å². The number of likely N-dealkylation sites (N-methyl/N-ethyl adjacent to an activating group) is 1. The Labute approximate surface area is 337 Å². The SMILES string of the molecule is CCCCC/C=C\C/C=C\C/C=C\CCCCC(=O)OC[C@H](COP(=O)(O)OCC[N+](C)(C)C)OC(=O)CCCCCCC/C=C\CCCCCCCCC. The fraction of sp³-hybridized carbons (Fsp3) is 0.778. The Hall–Kier alpha value is -2.03. The highest BCUT2D eigenvalue weighted by atomic mass is 31.2. The molecular formula is C45H83NO8P+. The molecule has 0 fully saturated rings. The maximum absolute atomic E-state index is 12.7. The van der Waals surface area contributed by atoms with Crippen LogP contribution in [0.2, 0.25) is 0 Å². The van der Waals surface area contributed by atoms with Gasteiger partial charge in [-0.1, -0.05) is 133 Å². The van der Waals surface area contributed by atoms with Gasteiger partial charge in [0.1, 0.15) is 19.8 Å². The van der Waals surface area contributed by atoms with Gasteiger partial charge in [0, 0.05) is 12.8 Å². The number of unbranched alkanes of at least 4 members (excludes halogenated alkanes) is 17. The number of esters is 2. The number of hydrogen-bond donors (Lipinski definition) is 1. The van der Waals surface area contributed by atoms with Crippen LogP contribution in [0.15, 0.2) is 48.6 Å².